The molecule has 0 fully saturated rings. The van der Waals surface area contributed by atoms with Gasteiger partial charge in [0, 0.05) is 6.21 Å². The standard InChI is InChI=1S/C8H12N2S/c1-10(2)8(5-9)7-3-4-11-6-7/h3-6,8-9H,1-2H3. The van der Waals surface area contributed by atoms with E-state index in [1.165, 1.54) is 11.8 Å². The Morgan fingerprint density at radius 1 is 1.64 bits per heavy atom. The third-order valence-electron chi connectivity index (χ3n) is 1.60. The molecule has 0 amide bonds. The molecule has 0 aliphatic rings. The van der Waals surface area contributed by atoms with Gasteiger partial charge in [-0.3, -0.25) is 4.90 Å². The van der Waals surface area contributed by atoms with Gasteiger partial charge in [0.25, 0.3) is 0 Å². The minimum Gasteiger partial charge on any atom is -0.311 e. The molecule has 0 radical (unpaired) electrons. The fourth-order valence-corrected chi connectivity index (χ4v) is 1.68. The Morgan fingerprint density at radius 3 is 2.73 bits per heavy atom. The molecule has 11 heavy (non-hydrogen) atoms. The topological polar surface area (TPSA) is 27.1 Å². The highest BCUT2D eigenvalue weighted by molar-refractivity contribution is 7.08. The summed E-state index contributed by atoms with van der Waals surface area (Å²) in [7, 11) is 3.96. The van der Waals surface area contributed by atoms with E-state index in [1.807, 2.05) is 24.4 Å². The summed E-state index contributed by atoms with van der Waals surface area (Å²) in [5.41, 5.74) is 1.20. The molecule has 1 heterocycles. The van der Waals surface area contributed by atoms with Crippen LogP contribution in [0.1, 0.15) is 11.6 Å². The lowest BCUT2D eigenvalue weighted by Gasteiger charge is -2.18. The average Bonchev–Trinajstić information content (AvgIpc) is 2.40. The molecule has 1 aromatic heterocycles. The maximum atomic E-state index is 7.20. The molecule has 0 aliphatic carbocycles. The summed E-state index contributed by atoms with van der Waals surface area (Å²) in [5.74, 6) is 0. The Labute approximate surface area is 71.0 Å². The molecule has 60 valence electrons. The molecule has 0 saturated heterocycles. The quantitative estimate of drug-likeness (QED) is 0.687. The molecule has 2 nitrogen and oxygen atoms in total. The molecule has 0 bridgehead atoms. The van der Waals surface area contributed by atoms with Crippen molar-refractivity contribution >= 4 is 17.6 Å². The molecule has 0 saturated carbocycles. The highest BCUT2D eigenvalue weighted by Crippen LogP contribution is 2.18. The van der Waals surface area contributed by atoms with Gasteiger partial charge in [-0.25, -0.2) is 0 Å². The first-order chi connectivity index (χ1) is 5.25. The van der Waals surface area contributed by atoms with Crippen molar-refractivity contribution in [2.24, 2.45) is 0 Å². The Hall–Kier alpha value is -0.670. The van der Waals surface area contributed by atoms with E-state index in [2.05, 4.69) is 11.4 Å². The number of rotatable bonds is 3. The maximum absolute atomic E-state index is 7.20. The number of nitrogens with one attached hydrogen (secondary N) is 1. The van der Waals surface area contributed by atoms with Crippen molar-refractivity contribution in [1.29, 1.82) is 5.41 Å². The van der Waals surface area contributed by atoms with Gasteiger partial charge in [-0.15, -0.1) is 0 Å². The number of thiophene rings is 1. The van der Waals surface area contributed by atoms with Crippen LogP contribution in [-0.4, -0.2) is 25.2 Å². The average molecular weight is 168 g/mol. The van der Waals surface area contributed by atoms with Crippen LogP contribution in [0, 0.1) is 5.41 Å². The van der Waals surface area contributed by atoms with Gasteiger partial charge in [-0.2, -0.15) is 11.3 Å². The highest BCUT2D eigenvalue weighted by Gasteiger charge is 2.09. The van der Waals surface area contributed by atoms with Gasteiger partial charge in [0.15, 0.2) is 0 Å². The van der Waals surface area contributed by atoms with Crippen molar-refractivity contribution in [3.8, 4) is 0 Å². The zero-order chi connectivity index (χ0) is 8.27. The molecule has 1 rings (SSSR count). The van der Waals surface area contributed by atoms with Crippen LogP contribution in [0.25, 0.3) is 0 Å². The lowest BCUT2D eigenvalue weighted by atomic mass is 10.1. The summed E-state index contributed by atoms with van der Waals surface area (Å²) in [6.45, 7) is 0. The van der Waals surface area contributed by atoms with E-state index in [9.17, 15) is 0 Å². The van der Waals surface area contributed by atoms with Crippen LogP contribution in [0.15, 0.2) is 16.8 Å². The van der Waals surface area contributed by atoms with E-state index in [1.54, 1.807) is 11.3 Å². The van der Waals surface area contributed by atoms with Crippen molar-refractivity contribution in [3.05, 3.63) is 22.4 Å². The molecular weight excluding hydrogens is 156 g/mol. The number of nitrogens with zero attached hydrogens (tertiary/aromatic N) is 1. The van der Waals surface area contributed by atoms with E-state index in [-0.39, 0.29) is 6.04 Å². The van der Waals surface area contributed by atoms with Crippen LogP contribution >= 0.6 is 11.3 Å². The van der Waals surface area contributed by atoms with Gasteiger partial charge in [0.05, 0.1) is 6.04 Å². The molecule has 1 N–H and O–H groups in total. The second-order valence-corrected chi connectivity index (χ2v) is 3.41. The summed E-state index contributed by atoms with van der Waals surface area (Å²) >= 11 is 1.67. The van der Waals surface area contributed by atoms with E-state index in [0.717, 1.165) is 0 Å². The zero-order valence-corrected chi connectivity index (χ0v) is 7.56. The Kier molecular flexibility index (Phi) is 2.79. The van der Waals surface area contributed by atoms with Crippen LogP contribution in [0.3, 0.4) is 0 Å². The lowest BCUT2D eigenvalue weighted by Crippen LogP contribution is -2.20. The summed E-state index contributed by atoms with van der Waals surface area (Å²) < 4.78 is 0. The first-order valence-electron chi connectivity index (χ1n) is 3.45. The molecule has 0 aromatic carbocycles. The monoisotopic (exact) mass is 168 g/mol. The van der Waals surface area contributed by atoms with Gasteiger partial charge in [0.1, 0.15) is 0 Å². The number of hydrogen-bond donors (Lipinski definition) is 1. The summed E-state index contributed by atoms with van der Waals surface area (Å²) in [6, 6.07) is 2.20. The second kappa shape index (κ2) is 3.64. The predicted octanol–water partition coefficient (Wildman–Crippen LogP) is 2.00. The van der Waals surface area contributed by atoms with Crippen LogP contribution in [-0.2, 0) is 0 Å². The fourth-order valence-electron chi connectivity index (χ4n) is 0.987. The SMILES string of the molecule is CN(C)C(C=N)c1ccsc1. The molecule has 3 heteroatoms. The van der Waals surface area contributed by atoms with Crippen LogP contribution in [0.4, 0.5) is 0 Å². The van der Waals surface area contributed by atoms with Crippen molar-refractivity contribution in [1.82, 2.24) is 4.90 Å². The minimum absolute atomic E-state index is 0.140. The molecule has 1 atom stereocenters. The maximum Gasteiger partial charge on any atom is 0.0701 e. The normalized spacial score (nSPS) is 13.4. The van der Waals surface area contributed by atoms with Crippen LogP contribution < -0.4 is 0 Å². The molecule has 1 unspecified atom stereocenters. The summed E-state index contributed by atoms with van der Waals surface area (Å²) in [5, 5.41) is 11.3. The molecule has 1 aromatic rings. The largest absolute Gasteiger partial charge is 0.311 e. The van der Waals surface area contributed by atoms with Gasteiger partial charge in [-0.1, -0.05) is 0 Å². The van der Waals surface area contributed by atoms with E-state index in [4.69, 9.17) is 5.41 Å². The first-order valence-corrected chi connectivity index (χ1v) is 4.39. The van der Waals surface area contributed by atoms with Gasteiger partial charge >= 0.3 is 0 Å². The lowest BCUT2D eigenvalue weighted by molar-refractivity contribution is 0.374. The second-order valence-electron chi connectivity index (χ2n) is 2.63. The molecule has 0 spiro atoms. The van der Waals surface area contributed by atoms with E-state index in [0.29, 0.717) is 0 Å². The van der Waals surface area contributed by atoms with Gasteiger partial charge in [-0.05, 0) is 36.5 Å². The number of hydrogen-bond acceptors (Lipinski definition) is 3. The van der Waals surface area contributed by atoms with Crippen molar-refractivity contribution in [2.75, 3.05) is 14.1 Å². The van der Waals surface area contributed by atoms with E-state index >= 15 is 0 Å². The Morgan fingerprint density at radius 2 is 2.36 bits per heavy atom. The van der Waals surface area contributed by atoms with E-state index < -0.39 is 0 Å². The minimum atomic E-state index is 0.140. The first kappa shape index (κ1) is 8.43. The third-order valence-corrected chi connectivity index (χ3v) is 2.30. The predicted molar refractivity (Wildman–Crippen MR) is 49.5 cm³/mol. The van der Waals surface area contributed by atoms with Gasteiger partial charge in [0.2, 0.25) is 0 Å². The Bertz CT molecular complexity index is 216. The zero-order valence-electron chi connectivity index (χ0n) is 6.74. The van der Waals surface area contributed by atoms with Crippen molar-refractivity contribution in [2.45, 2.75) is 6.04 Å². The third kappa shape index (κ3) is 1.88. The summed E-state index contributed by atoms with van der Waals surface area (Å²) in [4.78, 5) is 2.02. The smallest absolute Gasteiger partial charge is 0.0701 e. The van der Waals surface area contributed by atoms with Crippen molar-refractivity contribution in [3.63, 3.8) is 0 Å². The van der Waals surface area contributed by atoms with Crippen molar-refractivity contribution < 1.29 is 0 Å². The highest BCUT2D eigenvalue weighted by atomic mass is 32.1. The Balaban J connectivity index is 2.79. The van der Waals surface area contributed by atoms with Gasteiger partial charge < -0.3 is 5.41 Å². The molecular formula is C8H12N2S. The fraction of sp³-hybridized carbons (Fsp3) is 0.375. The van der Waals surface area contributed by atoms with Crippen LogP contribution in [0.2, 0.25) is 0 Å². The van der Waals surface area contributed by atoms with Crippen LogP contribution in [0.5, 0.6) is 0 Å². The molecule has 0 aliphatic heterocycles. The summed E-state index contributed by atoms with van der Waals surface area (Å²) in [6.07, 6.45) is 1.46.